The van der Waals surface area contributed by atoms with Crippen molar-refractivity contribution in [3.8, 4) is 0 Å². The molecule has 4 nitrogen and oxygen atoms in total. The van der Waals surface area contributed by atoms with Gasteiger partial charge < -0.3 is 4.98 Å². The number of amides is 1. The number of benzene rings is 3. The minimum absolute atomic E-state index is 0.110. The summed E-state index contributed by atoms with van der Waals surface area (Å²) in [6, 6.07) is 19.2. The Kier molecular flexibility index (Phi) is 3.34. The number of aryl methyl sites for hydroxylation is 1. The normalized spacial score (nSPS) is 16.0. The first-order valence-electron chi connectivity index (χ1n) is 8.86. The van der Waals surface area contributed by atoms with Crippen molar-refractivity contribution in [2.45, 2.75) is 12.8 Å². The van der Waals surface area contributed by atoms with Gasteiger partial charge in [-0.1, -0.05) is 48.5 Å². The van der Waals surface area contributed by atoms with Crippen molar-refractivity contribution in [3.63, 3.8) is 0 Å². The van der Waals surface area contributed by atoms with Crippen molar-refractivity contribution >= 4 is 33.7 Å². The molecular weight excluding hydrogens is 336 g/mol. The van der Waals surface area contributed by atoms with Gasteiger partial charge in [-0.2, -0.15) is 0 Å². The van der Waals surface area contributed by atoms with Gasteiger partial charge in [0, 0.05) is 10.9 Å². The molecule has 1 amide bonds. The van der Waals surface area contributed by atoms with Gasteiger partial charge in [-0.15, -0.1) is 0 Å². The highest BCUT2D eigenvalue weighted by Crippen LogP contribution is 2.29. The molecule has 130 valence electrons. The molecule has 0 saturated carbocycles. The van der Waals surface area contributed by atoms with Gasteiger partial charge in [-0.25, -0.2) is 4.99 Å². The SMILES string of the molecule is Cc1cc(C2C=c3ccccc3=NC2=O)cc2c1c(=O)[nH]c1ccccc12. The third-order valence-corrected chi connectivity index (χ3v) is 5.19. The van der Waals surface area contributed by atoms with Gasteiger partial charge in [-0.3, -0.25) is 9.59 Å². The van der Waals surface area contributed by atoms with Gasteiger partial charge >= 0.3 is 0 Å². The van der Waals surface area contributed by atoms with Gasteiger partial charge in [0.1, 0.15) is 0 Å². The van der Waals surface area contributed by atoms with E-state index in [0.29, 0.717) is 10.7 Å². The Morgan fingerprint density at radius 1 is 0.926 bits per heavy atom. The smallest absolute Gasteiger partial charge is 0.257 e. The van der Waals surface area contributed by atoms with Crippen molar-refractivity contribution in [2.75, 3.05) is 0 Å². The van der Waals surface area contributed by atoms with E-state index in [1.54, 1.807) is 0 Å². The van der Waals surface area contributed by atoms with Crippen LogP contribution in [0, 0.1) is 6.92 Å². The maximum atomic E-state index is 12.7. The maximum absolute atomic E-state index is 12.7. The van der Waals surface area contributed by atoms with Gasteiger partial charge in [0.05, 0.1) is 16.7 Å². The van der Waals surface area contributed by atoms with Crippen LogP contribution >= 0.6 is 0 Å². The number of pyridine rings is 1. The number of aromatic amines is 1. The lowest BCUT2D eigenvalue weighted by molar-refractivity contribution is -0.118. The quantitative estimate of drug-likeness (QED) is 0.536. The second-order valence-corrected chi connectivity index (χ2v) is 6.91. The largest absolute Gasteiger partial charge is 0.321 e. The number of nitrogens with one attached hydrogen (secondary N) is 1. The second kappa shape index (κ2) is 5.74. The van der Waals surface area contributed by atoms with Crippen molar-refractivity contribution in [3.05, 3.63) is 92.7 Å². The first-order valence-corrected chi connectivity index (χ1v) is 8.86. The van der Waals surface area contributed by atoms with Crippen LogP contribution in [-0.2, 0) is 4.79 Å². The van der Waals surface area contributed by atoms with E-state index in [1.807, 2.05) is 73.7 Å². The molecule has 2 heterocycles. The molecule has 1 aliphatic rings. The standard InChI is InChI=1S/C23H16N2O2/c1-13-10-15(17-11-14-6-2-4-8-19(14)24-22(17)26)12-18-16-7-3-5-9-20(16)25-23(27)21(13)18/h2-12,17H,1H3,(H,25,27). The first-order chi connectivity index (χ1) is 13.1. The summed E-state index contributed by atoms with van der Waals surface area (Å²) < 4.78 is 0. The van der Waals surface area contributed by atoms with Crippen molar-refractivity contribution < 1.29 is 4.79 Å². The van der Waals surface area contributed by atoms with Crippen molar-refractivity contribution in [1.29, 1.82) is 0 Å². The molecule has 1 aromatic heterocycles. The first kappa shape index (κ1) is 15.7. The second-order valence-electron chi connectivity index (χ2n) is 6.91. The summed E-state index contributed by atoms with van der Waals surface area (Å²) in [6.07, 6.45) is 1.96. The van der Waals surface area contributed by atoms with Gasteiger partial charge in [-0.05, 0) is 46.9 Å². The summed E-state index contributed by atoms with van der Waals surface area (Å²) in [5, 5.41) is 4.16. The lowest BCUT2D eigenvalue weighted by Crippen LogP contribution is -2.32. The van der Waals surface area contributed by atoms with Gasteiger partial charge in [0.25, 0.3) is 11.5 Å². The molecule has 1 unspecified atom stereocenters. The van der Waals surface area contributed by atoms with Gasteiger partial charge in [0.2, 0.25) is 0 Å². The number of aromatic nitrogens is 1. The molecule has 5 rings (SSSR count). The predicted octanol–water partition coefficient (Wildman–Crippen LogP) is 2.71. The number of rotatable bonds is 1. The fourth-order valence-corrected chi connectivity index (χ4v) is 3.93. The number of nitrogens with zero attached hydrogens (tertiary/aromatic N) is 1. The van der Waals surface area contributed by atoms with Crippen LogP contribution in [0.4, 0.5) is 0 Å². The Hall–Kier alpha value is -3.53. The van der Waals surface area contributed by atoms with E-state index in [-0.39, 0.29) is 11.5 Å². The van der Waals surface area contributed by atoms with E-state index in [9.17, 15) is 9.59 Å². The minimum atomic E-state index is -0.443. The Balaban J connectivity index is 1.83. The number of carbonyl (C=O) groups excluding carboxylic acids is 1. The van der Waals surface area contributed by atoms with E-state index >= 15 is 0 Å². The molecule has 1 atom stereocenters. The molecule has 4 aromatic rings. The summed E-state index contributed by atoms with van der Waals surface area (Å²) >= 11 is 0. The third-order valence-electron chi connectivity index (χ3n) is 5.19. The zero-order valence-corrected chi connectivity index (χ0v) is 14.7. The average Bonchev–Trinajstić information content (AvgIpc) is 2.67. The summed E-state index contributed by atoms with van der Waals surface area (Å²) in [4.78, 5) is 32.5. The number of hydrogen-bond acceptors (Lipinski definition) is 2. The van der Waals surface area contributed by atoms with Crippen LogP contribution in [0.5, 0.6) is 0 Å². The van der Waals surface area contributed by atoms with Crippen LogP contribution in [0.2, 0.25) is 0 Å². The van der Waals surface area contributed by atoms with Gasteiger partial charge in [0.15, 0.2) is 0 Å². The molecule has 0 spiro atoms. The Bertz CT molecular complexity index is 1430. The zero-order valence-electron chi connectivity index (χ0n) is 14.7. The van der Waals surface area contributed by atoms with E-state index in [4.69, 9.17) is 0 Å². The maximum Gasteiger partial charge on any atom is 0.257 e. The Morgan fingerprint density at radius 3 is 2.59 bits per heavy atom. The molecule has 0 aliphatic carbocycles. The average molecular weight is 352 g/mol. The fraction of sp³-hybridized carbons (Fsp3) is 0.0870. The van der Waals surface area contributed by atoms with Crippen LogP contribution in [0.25, 0.3) is 27.8 Å². The number of para-hydroxylation sites is 2. The van der Waals surface area contributed by atoms with Crippen LogP contribution in [0.15, 0.2) is 70.5 Å². The number of hydrogen-bond donors (Lipinski definition) is 1. The summed E-state index contributed by atoms with van der Waals surface area (Å²) in [7, 11) is 0. The predicted molar refractivity (Wildman–Crippen MR) is 106 cm³/mol. The van der Waals surface area contributed by atoms with Crippen LogP contribution in [0.3, 0.4) is 0 Å². The molecule has 0 bridgehead atoms. The van der Waals surface area contributed by atoms with E-state index < -0.39 is 5.92 Å². The topological polar surface area (TPSA) is 62.3 Å². The molecule has 0 radical (unpaired) electrons. The lowest BCUT2D eigenvalue weighted by atomic mass is 9.90. The summed E-state index contributed by atoms with van der Waals surface area (Å²) in [5.74, 6) is -0.623. The molecule has 0 fully saturated rings. The molecule has 1 N–H and O–H groups in total. The van der Waals surface area contributed by atoms with Crippen LogP contribution in [-0.4, -0.2) is 10.9 Å². The number of H-pyrrole nitrogens is 1. The number of carbonyl (C=O) groups is 1. The molecular formula is C23H16N2O2. The van der Waals surface area contributed by atoms with E-state index in [0.717, 1.165) is 32.6 Å². The van der Waals surface area contributed by atoms with Crippen molar-refractivity contribution in [1.82, 2.24) is 4.98 Å². The zero-order chi connectivity index (χ0) is 18.5. The molecule has 0 saturated heterocycles. The Labute approximate surface area is 154 Å². The highest BCUT2D eigenvalue weighted by Gasteiger charge is 2.22. The summed E-state index contributed by atoms with van der Waals surface area (Å²) in [6.45, 7) is 1.91. The fourth-order valence-electron chi connectivity index (χ4n) is 3.93. The molecule has 3 aromatic carbocycles. The molecule has 1 aliphatic heterocycles. The van der Waals surface area contributed by atoms with E-state index in [1.165, 1.54) is 0 Å². The Morgan fingerprint density at radius 2 is 1.70 bits per heavy atom. The highest BCUT2D eigenvalue weighted by atomic mass is 16.1. The monoisotopic (exact) mass is 352 g/mol. The highest BCUT2D eigenvalue weighted by molar-refractivity contribution is 6.07. The summed E-state index contributed by atoms with van der Waals surface area (Å²) in [5.41, 5.74) is 2.40. The lowest BCUT2D eigenvalue weighted by Gasteiger charge is -2.15. The van der Waals surface area contributed by atoms with E-state index in [2.05, 4.69) is 9.98 Å². The van der Waals surface area contributed by atoms with Crippen LogP contribution < -0.4 is 16.1 Å². The molecule has 27 heavy (non-hydrogen) atoms. The van der Waals surface area contributed by atoms with Crippen molar-refractivity contribution in [2.24, 2.45) is 4.99 Å². The third kappa shape index (κ3) is 2.41. The molecule has 4 heteroatoms. The minimum Gasteiger partial charge on any atom is -0.321 e. The van der Waals surface area contributed by atoms with Crippen LogP contribution in [0.1, 0.15) is 17.0 Å². The number of fused-ring (bicyclic) bond motifs is 4.